The monoisotopic (exact) mass is 858 g/mol. The normalized spacial score (nSPS) is 13.2. The molecule has 67 heavy (non-hydrogen) atoms. The zero-order valence-electron chi connectivity index (χ0n) is 38.5. The van der Waals surface area contributed by atoms with E-state index in [9.17, 15) is 0 Å². The van der Waals surface area contributed by atoms with Gasteiger partial charge in [-0.2, -0.15) is 0 Å². The van der Waals surface area contributed by atoms with Crippen molar-refractivity contribution in [2.24, 2.45) is 0 Å². The topological polar surface area (TPSA) is 26.6 Å². The van der Waals surface area contributed by atoms with Crippen LogP contribution < -0.4 is 0 Å². The predicted octanol–water partition coefficient (Wildman–Crippen LogP) is 17.0. The van der Waals surface area contributed by atoms with Crippen molar-refractivity contribution < 1.29 is 0 Å². The van der Waals surface area contributed by atoms with Gasteiger partial charge in [0.15, 0.2) is 0 Å². The average molecular weight is 859 g/mol. The summed E-state index contributed by atoms with van der Waals surface area (Å²) >= 11 is 0. The van der Waals surface area contributed by atoms with Crippen LogP contribution in [0.1, 0.15) is 52.7 Å². The molecule has 6 heterocycles. The van der Waals surface area contributed by atoms with Crippen LogP contribution in [0.4, 0.5) is 0 Å². The molecule has 0 amide bonds. The molecule has 4 heteroatoms. The summed E-state index contributed by atoms with van der Waals surface area (Å²) < 4.78 is 7.51. The van der Waals surface area contributed by atoms with Crippen LogP contribution in [0.2, 0.25) is 0 Å². The molecule has 0 aliphatic rings. The van der Waals surface area contributed by atoms with E-state index in [4.69, 9.17) is 4.98 Å². The van der Waals surface area contributed by atoms with Crippen molar-refractivity contribution in [3.05, 3.63) is 181 Å². The quantitative estimate of drug-likeness (QED) is 0.170. The van der Waals surface area contributed by atoms with Crippen molar-refractivity contribution in [1.29, 1.82) is 0 Å². The third-order valence-electron chi connectivity index (χ3n) is 15.4. The highest BCUT2D eigenvalue weighted by molar-refractivity contribution is 6.39. The second-order valence-electron chi connectivity index (χ2n) is 21.2. The average Bonchev–Trinajstić information content (AvgIpc) is 4.13. The van der Waals surface area contributed by atoms with Gasteiger partial charge in [0.1, 0.15) is 5.65 Å². The summed E-state index contributed by atoms with van der Waals surface area (Å²) in [5.41, 5.74) is 15.7. The van der Waals surface area contributed by atoms with Gasteiger partial charge in [0.2, 0.25) is 0 Å². The Kier molecular flexibility index (Phi) is 6.94. The Hall–Kier alpha value is -7.95. The van der Waals surface area contributed by atoms with E-state index in [1.165, 1.54) is 136 Å². The van der Waals surface area contributed by atoms with Crippen molar-refractivity contribution in [3.8, 4) is 16.8 Å². The van der Waals surface area contributed by atoms with Crippen LogP contribution in [0.3, 0.4) is 0 Å². The van der Waals surface area contributed by atoms with E-state index in [0.29, 0.717) is 0 Å². The van der Waals surface area contributed by atoms with Gasteiger partial charge in [0.05, 0.1) is 44.8 Å². The SMILES string of the molecule is CC(C)(C)c1cc(-c2ccc3c(c2)c2ccccc2n3-c2ccccc2)c2c(c1)c1c3ccccc3cc3c4c5c6cc(C(C)(C)C)cc7c8ccc9ccccc9c8n(c5ncc4n2c31)c76. The Bertz CT molecular complexity index is 4620. The second kappa shape index (κ2) is 12.5. The summed E-state index contributed by atoms with van der Waals surface area (Å²) in [5, 5.41) is 17.7. The molecule has 15 aromatic rings. The first-order valence-electron chi connectivity index (χ1n) is 23.7. The van der Waals surface area contributed by atoms with Gasteiger partial charge in [0.25, 0.3) is 0 Å². The third-order valence-corrected chi connectivity index (χ3v) is 15.4. The Morgan fingerprint density at radius 3 is 1.79 bits per heavy atom. The van der Waals surface area contributed by atoms with E-state index in [0.717, 1.165) is 11.2 Å². The number of benzene rings is 9. The van der Waals surface area contributed by atoms with Gasteiger partial charge in [-0.3, -0.25) is 4.40 Å². The number of hydrogen-bond donors (Lipinski definition) is 0. The minimum absolute atomic E-state index is 0.0596. The Morgan fingerprint density at radius 2 is 1.00 bits per heavy atom. The summed E-state index contributed by atoms with van der Waals surface area (Å²) in [6.45, 7) is 14.1. The molecule has 0 N–H and O–H groups in total. The van der Waals surface area contributed by atoms with Crippen molar-refractivity contribution in [2.75, 3.05) is 0 Å². The molecule has 6 aromatic heterocycles. The molecule has 0 atom stereocenters. The van der Waals surface area contributed by atoms with Crippen LogP contribution in [0.15, 0.2) is 170 Å². The van der Waals surface area contributed by atoms with Crippen molar-refractivity contribution in [2.45, 2.75) is 52.4 Å². The number of aromatic nitrogens is 4. The molecule has 9 aromatic carbocycles. The number of nitrogens with zero attached hydrogens (tertiary/aromatic N) is 4. The molecule has 318 valence electrons. The zero-order chi connectivity index (χ0) is 44.8. The van der Waals surface area contributed by atoms with Crippen molar-refractivity contribution in [3.63, 3.8) is 0 Å². The van der Waals surface area contributed by atoms with Gasteiger partial charge >= 0.3 is 0 Å². The summed E-state index contributed by atoms with van der Waals surface area (Å²) in [7, 11) is 0. The van der Waals surface area contributed by atoms with E-state index >= 15 is 0 Å². The third kappa shape index (κ3) is 4.74. The maximum absolute atomic E-state index is 5.62. The molecular weight excluding hydrogens is 813 g/mol. The van der Waals surface area contributed by atoms with Crippen LogP contribution in [0.25, 0.3) is 136 Å². The van der Waals surface area contributed by atoms with E-state index in [-0.39, 0.29) is 10.8 Å². The first-order chi connectivity index (χ1) is 32.5. The van der Waals surface area contributed by atoms with Crippen LogP contribution >= 0.6 is 0 Å². The molecule has 0 spiro atoms. The number of fused-ring (bicyclic) bond motifs is 20. The highest BCUT2D eigenvalue weighted by atomic mass is 15.0. The van der Waals surface area contributed by atoms with Gasteiger partial charge in [-0.1, -0.05) is 145 Å². The predicted molar refractivity (Wildman–Crippen MR) is 286 cm³/mol. The first kappa shape index (κ1) is 37.3. The second-order valence-corrected chi connectivity index (χ2v) is 21.2. The minimum Gasteiger partial charge on any atom is -0.309 e. The standard InChI is InChI=1S/C63H46N4/c1-62(2,3)38-30-45(37-25-27-52-46(28-37)43-22-14-15-23-51(43)65(52)40-18-8-7-9-19-40)58-49(32-38)54-41-20-12-11-17-36(41)29-48-55-53(66(58)60(48)54)34-64-61-56(55)50-33-39(63(4,5)6)31-47-44-26-24-35-16-10-13-21-42(35)57(44)67(61)59(47)50/h7-34H,1-6H3. The van der Waals surface area contributed by atoms with Gasteiger partial charge in [0, 0.05) is 70.5 Å². The van der Waals surface area contributed by atoms with Gasteiger partial charge in [-0.25, -0.2) is 4.98 Å². The van der Waals surface area contributed by atoms with E-state index in [1.807, 2.05) is 0 Å². The number of para-hydroxylation sites is 2. The maximum atomic E-state index is 5.62. The largest absolute Gasteiger partial charge is 0.309 e. The lowest BCUT2D eigenvalue weighted by Crippen LogP contribution is -2.11. The lowest BCUT2D eigenvalue weighted by atomic mass is 9.83. The van der Waals surface area contributed by atoms with Crippen molar-refractivity contribution in [1.82, 2.24) is 18.4 Å². The molecule has 15 rings (SSSR count). The number of hydrogen-bond acceptors (Lipinski definition) is 1. The summed E-state index contributed by atoms with van der Waals surface area (Å²) in [6, 6.07) is 61.7. The fraction of sp³-hybridized carbons (Fsp3) is 0.127. The molecule has 4 nitrogen and oxygen atoms in total. The van der Waals surface area contributed by atoms with Gasteiger partial charge < -0.3 is 8.97 Å². The van der Waals surface area contributed by atoms with Gasteiger partial charge in [-0.15, -0.1) is 0 Å². The molecule has 0 unspecified atom stereocenters. The number of pyridine rings is 1. The fourth-order valence-electron chi connectivity index (χ4n) is 12.2. The highest BCUT2D eigenvalue weighted by Crippen LogP contribution is 2.51. The van der Waals surface area contributed by atoms with E-state index in [1.54, 1.807) is 0 Å². The van der Waals surface area contributed by atoms with E-state index < -0.39 is 0 Å². The molecule has 0 radical (unpaired) electrons. The smallest absolute Gasteiger partial charge is 0.146 e. The Balaban J connectivity index is 1.15. The summed E-state index contributed by atoms with van der Waals surface area (Å²) in [5.74, 6) is 0. The molecular formula is C63H46N4. The van der Waals surface area contributed by atoms with Crippen molar-refractivity contribution >= 4 is 120 Å². The number of rotatable bonds is 2. The molecule has 0 aliphatic heterocycles. The molecule has 0 saturated heterocycles. The molecule has 0 aliphatic carbocycles. The Morgan fingerprint density at radius 1 is 0.373 bits per heavy atom. The van der Waals surface area contributed by atoms with Gasteiger partial charge in [-0.05, 0) is 104 Å². The minimum atomic E-state index is -0.0908. The van der Waals surface area contributed by atoms with Crippen LogP contribution in [0.5, 0.6) is 0 Å². The fourth-order valence-corrected chi connectivity index (χ4v) is 12.2. The summed E-state index contributed by atoms with van der Waals surface area (Å²) in [6.07, 6.45) is 2.19. The Labute approximate surface area is 386 Å². The lowest BCUT2D eigenvalue weighted by Gasteiger charge is -2.21. The summed E-state index contributed by atoms with van der Waals surface area (Å²) in [4.78, 5) is 5.62. The van der Waals surface area contributed by atoms with Crippen LogP contribution in [-0.2, 0) is 10.8 Å². The zero-order valence-corrected chi connectivity index (χ0v) is 38.5. The first-order valence-corrected chi connectivity index (χ1v) is 23.7. The maximum Gasteiger partial charge on any atom is 0.146 e. The lowest BCUT2D eigenvalue weighted by molar-refractivity contribution is 0.591. The molecule has 0 saturated carbocycles. The highest BCUT2D eigenvalue weighted by Gasteiger charge is 2.30. The van der Waals surface area contributed by atoms with Crippen LogP contribution in [-0.4, -0.2) is 18.4 Å². The van der Waals surface area contributed by atoms with E-state index in [2.05, 4.69) is 225 Å². The molecule has 0 fully saturated rings. The van der Waals surface area contributed by atoms with Crippen LogP contribution in [0, 0.1) is 0 Å². The molecule has 0 bridgehead atoms.